The highest BCUT2D eigenvalue weighted by Crippen LogP contribution is 2.29. The molecule has 0 spiro atoms. The standard InChI is InChI=1S/C17H15NO2/c1-17(16(19)20,11-13-6-3-2-4-7-13)15-9-5-8-14(10-15)12-18/h2-10H,11H2,1H3,(H,19,20). The molecule has 100 valence electrons. The van der Waals surface area contributed by atoms with Gasteiger partial charge in [0.25, 0.3) is 0 Å². The molecule has 1 atom stereocenters. The first-order valence-corrected chi connectivity index (χ1v) is 6.34. The molecule has 3 heteroatoms. The number of rotatable bonds is 4. The summed E-state index contributed by atoms with van der Waals surface area (Å²) in [5.74, 6) is -0.892. The summed E-state index contributed by atoms with van der Waals surface area (Å²) in [6.45, 7) is 1.69. The fourth-order valence-corrected chi connectivity index (χ4v) is 2.24. The van der Waals surface area contributed by atoms with Crippen LogP contribution in [-0.4, -0.2) is 11.1 Å². The summed E-state index contributed by atoms with van der Waals surface area (Å²) in [5.41, 5.74) is 1.03. The first-order valence-electron chi connectivity index (χ1n) is 6.34. The third-order valence-electron chi connectivity index (χ3n) is 3.50. The van der Waals surface area contributed by atoms with Crippen molar-refractivity contribution in [2.75, 3.05) is 0 Å². The van der Waals surface area contributed by atoms with Crippen molar-refractivity contribution in [3.8, 4) is 6.07 Å². The molecule has 2 rings (SSSR count). The fourth-order valence-electron chi connectivity index (χ4n) is 2.24. The quantitative estimate of drug-likeness (QED) is 0.923. The average molecular weight is 265 g/mol. The number of nitriles is 1. The summed E-state index contributed by atoms with van der Waals surface area (Å²) in [5, 5.41) is 18.6. The van der Waals surface area contributed by atoms with Gasteiger partial charge in [-0.05, 0) is 36.6 Å². The fraction of sp³-hybridized carbons (Fsp3) is 0.176. The predicted octanol–water partition coefficient (Wildman–Crippen LogP) is 3.14. The van der Waals surface area contributed by atoms with E-state index in [1.165, 1.54) is 0 Å². The van der Waals surface area contributed by atoms with Gasteiger partial charge < -0.3 is 5.11 Å². The average Bonchev–Trinajstić information content (AvgIpc) is 2.48. The Labute approximate surface area is 118 Å². The van der Waals surface area contributed by atoms with Crippen LogP contribution in [0, 0.1) is 11.3 Å². The summed E-state index contributed by atoms with van der Waals surface area (Å²) in [7, 11) is 0. The zero-order valence-electron chi connectivity index (χ0n) is 11.2. The minimum absolute atomic E-state index is 0.387. The number of hydrogen-bond acceptors (Lipinski definition) is 2. The molecule has 0 bridgehead atoms. The van der Waals surface area contributed by atoms with Gasteiger partial charge in [-0.3, -0.25) is 4.79 Å². The number of benzene rings is 2. The summed E-state index contributed by atoms with van der Waals surface area (Å²) < 4.78 is 0. The monoisotopic (exact) mass is 265 g/mol. The Morgan fingerprint density at radius 1 is 1.20 bits per heavy atom. The molecule has 1 N–H and O–H groups in total. The van der Waals surface area contributed by atoms with Gasteiger partial charge >= 0.3 is 5.97 Å². The zero-order valence-corrected chi connectivity index (χ0v) is 11.2. The van der Waals surface area contributed by atoms with Crippen LogP contribution in [0.5, 0.6) is 0 Å². The molecule has 3 nitrogen and oxygen atoms in total. The molecule has 0 radical (unpaired) electrons. The van der Waals surface area contributed by atoms with Gasteiger partial charge in [0.1, 0.15) is 0 Å². The van der Waals surface area contributed by atoms with Gasteiger partial charge in [0, 0.05) is 0 Å². The highest BCUT2D eigenvalue weighted by atomic mass is 16.4. The number of nitrogens with zero attached hydrogens (tertiary/aromatic N) is 1. The normalized spacial score (nSPS) is 13.2. The van der Waals surface area contributed by atoms with E-state index in [1.807, 2.05) is 36.4 Å². The highest BCUT2D eigenvalue weighted by molar-refractivity contribution is 5.81. The number of carboxylic acid groups (broad SMARTS) is 1. The topological polar surface area (TPSA) is 61.1 Å². The lowest BCUT2D eigenvalue weighted by atomic mass is 9.77. The first-order chi connectivity index (χ1) is 9.56. The first kappa shape index (κ1) is 13.8. The lowest BCUT2D eigenvalue weighted by molar-refractivity contribution is -0.143. The molecule has 2 aromatic carbocycles. The van der Waals surface area contributed by atoms with Crippen molar-refractivity contribution in [1.29, 1.82) is 5.26 Å². The van der Waals surface area contributed by atoms with E-state index in [2.05, 4.69) is 0 Å². The van der Waals surface area contributed by atoms with Gasteiger partial charge in [-0.2, -0.15) is 5.26 Å². The van der Waals surface area contributed by atoms with Gasteiger partial charge in [-0.15, -0.1) is 0 Å². The summed E-state index contributed by atoms with van der Waals surface area (Å²) in [6.07, 6.45) is 0.387. The number of carbonyl (C=O) groups is 1. The van der Waals surface area contributed by atoms with Crippen LogP contribution in [0.3, 0.4) is 0 Å². The van der Waals surface area contributed by atoms with E-state index in [0.717, 1.165) is 5.56 Å². The SMILES string of the molecule is CC(Cc1ccccc1)(C(=O)O)c1cccc(C#N)c1. The maximum absolute atomic E-state index is 11.7. The van der Waals surface area contributed by atoms with Crippen molar-refractivity contribution in [2.45, 2.75) is 18.8 Å². The number of aliphatic carboxylic acids is 1. The van der Waals surface area contributed by atoms with Gasteiger partial charge in [0.05, 0.1) is 17.0 Å². The molecule has 0 fully saturated rings. The molecule has 20 heavy (non-hydrogen) atoms. The second kappa shape index (κ2) is 5.58. The van der Waals surface area contributed by atoms with E-state index in [9.17, 15) is 9.90 Å². The molecule has 0 saturated carbocycles. The third kappa shape index (κ3) is 2.70. The Kier molecular flexibility index (Phi) is 3.86. The second-order valence-corrected chi connectivity index (χ2v) is 4.99. The van der Waals surface area contributed by atoms with Crippen LogP contribution in [0.1, 0.15) is 23.6 Å². The maximum Gasteiger partial charge on any atom is 0.314 e. The smallest absolute Gasteiger partial charge is 0.314 e. The Balaban J connectivity index is 2.44. The molecule has 0 aliphatic rings. The Morgan fingerprint density at radius 2 is 1.90 bits per heavy atom. The molecule has 0 aliphatic carbocycles. The van der Waals surface area contributed by atoms with Gasteiger partial charge in [-0.1, -0.05) is 42.5 Å². The van der Waals surface area contributed by atoms with E-state index < -0.39 is 11.4 Å². The van der Waals surface area contributed by atoms with Crippen LogP contribution in [-0.2, 0) is 16.6 Å². The molecule has 0 aromatic heterocycles. The molecular formula is C17H15NO2. The summed E-state index contributed by atoms with van der Waals surface area (Å²) in [4.78, 5) is 11.7. The van der Waals surface area contributed by atoms with Crippen LogP contribution in [0.2, 0.25) is 0 Å². The van der Waals surface area contributed by atoms with Crippen molar-refractivity contribution in [1.82, 2.24) is 0 Å². The second-order valence-electron chi connectivity index (χ2n) is 4.99. The molecule has 0 saturated heterocycles. The van der Waals surface area contributed by atoms with E-state index in [4.69, 9.17) is 5.26 Å². The van der Waals surface area contributed by atoms with E-state index in [0.29, 0.717) is 17.5 Å². The van der Waals surface area contributed by atoms with Crippen molar-refractivity contribution in [3.05, 3.63) is 71.3 Å². The maximum atomic E-state index is 11.7. The predicted molar refractivity (Wildman–Crippen MR) is 76.3 cm³/mol. The van der Waals surface area contributed by atoms with Crippen LogP contribution < -0.4 is 0 Å². The van der Waals surface area contributed by atoms with E-state index in [1.54, 1.807) is 31.2 Å². The van der Waals surface area contributed by atoms with Crippen LogP contribution in [0.25, 0.3) is 0 Å². The molecule has 0 heterocycles. The Hall–Kier alpha value is -2.60. The van der Waals surface area contributed by atoms with Gasteiger partial charge in [-0.25, -0.2) is 0 Å². The molecular weight excluding hydrogens is 250 g/mol. The lowest BCUT2D eigenvalue weighted by Crippen LogP contribution is -2.34. The van der Waals surface area contributed by atoms with Gasteiger partial charge in [0.2, 0.25) is 0 Å². The summed E-state index contributed by atoms with van der Waals surface area (Å²) in [6, 6.07) is 18.4. The van der Waals surface area contributed by atoms with E-state index in [-0.39, 0.29) is 0 Å². The van der Waals surface area contributed by atoms with Crippen molar-refractivity contribution >= 4 is 5.97 Å². The molecule has 0 amide bonds. The number of carboxylic acids is 1. The van der Waals surface area contributed by atoms with Crippen LogP contribution >= 0.6 is 0 Å². The molecule has 1 unspecified atom stereocenters. The molecule has 0 aliphatic heterocycles. The largest absolute Gasteiger partial charge is 0.481 e. The van der Waals surface area contributed by atoms with Gasteiger partial charge in [0.15, 0.2) is 0 Å². The Bertz CT molecular complexity index is 658. The minimum atomic E-state index is -1.05. The molecule has 2 aromatic rings. The van der Waals surface area contributed by atoms with Crippen LogP contribution in [0.15, 0.2) is 54.6 Å². The number of hydrogen-bond donors (Lipinski definition) is 1. The highest BCUT2D eigenvalue weighted by Gasteiger charge is 2.35. The van der Waals surface area contributed by atoms with Crippen molar-refractivity contribution in [3.63, 3.8) is 0 Å². The minimum Gasteiger partial charge on any atom is -0.481 e. The Morgan fingerprint density at radius 3 is 2.50 bits per heavy atom. The lowest BCUT2D eigenvalue weighted by Gasteiger charge is -2.25. The van der Waals surface area contributed by atoms with E-state index >= 15 is 0 Å². The summed E-state index contributed by atoms with van der Waals surface area (Å²) >= 11 is 0. The van der Waals surface area contributed by atoms with Crippen LogP contribution in [0.4, 0.5) is 0 Å². The van der Waals surface area contributed by atoms with Crippen molar-refractivity contribution < 1.29 is 9.90 Å². The van der Waals surface area contributed by atoms with Crippen molar-refractivity contribution in [2.24, 2.45) is 0 Å². The zero-order chi connectivity index (χ0) is 14.6. The third-order valence-corrected chi connectivity index (χ3v) is 3.50.